The minimum Gasteiger partial charge on any atom is -0.465 e. The Kier molecular flexibility index (Phi) is 4.77. The molecule has 0 bridgehead atoms. The molecule has 0 rings (SSSR count). The Balaban J connectivity index is 6.04. The molecule has 114 valence electrons. The largest absolute Gasteiger partial charge is 0.465 e. The van der Waals surface area contributed by atoms with Gasteiger partial charge in [-0.2, -0.15) is 39.5 Å². The number of hydrogen-bond donors (Lipinski definition) is 0. The molecule has 0 fully saturated rings. The monoisotopic (exact) mass is 306 g/mol. The van der Waals surface area contributed by atoms with Gasteiger partial charge in [0.1, 0.15) is 0 Å². The van der Waals surface area contributed by atoms with Gasteiger partial charge in [0.25, 0.3) is 0 Å². The third-order valence-corrected chi connectivity index (χ3v) is 2.02. The minimum atomic E-state index is -6.92. The molecule has 0 aliphatic carbocycles. The van der Waals surface area contributed by atoms with Crippen LogP contribution in [0.1, 0.15) is 13.3 Å². The van der Waals surface area contributed by atoms with Gasteiger partial charge in [-0.15, -0.1) is 0 Å². The van der Waals surface area contributed by atoms with Crippen molar-refractivity contribution < 1.29 is 49.0 Å². The Hall–Kier alpha value is -1.16. The van der Waals surface area contributed by atoms with E-state index in [0.29, 0.717) is 0 Å². The molecule has 0 unspecified atom stereocenters. The quantitative estimate of drug-likeness (QED) is 0.588. The molecule has 0 N–H and O–H groups in total. The lowest BCUT2D eigenvalue weighted by Crippen LogP contribution is -2.64. The average Bonchev–Trinajstić information content (AvgIpc) is 2.07. The number of ether oxygens (including phenoxy) is 1. The van der Waals surface area contributed by atoms with E-state index in [1.54, 1.807) is 0 Å². The third-order valence-electron chi connectivity index (χ3n) is 2.02. The molecule has 0 aliphatic rings. The zero-order valence-electron chi connectivity index (χ0n) is 9.13. The highest BCUT2D eigenvalue weighted by atomic mass is 19.4. The Bertz CT molecular complexity index is 289. The first kappa shape index (κ1) is 17.8. The summed E-state index contributed by atoms with van der Waals surface area (Å²) in [6.45, 7) is 0.187. The van der Waals surface area contributed by atoms with Crippen molar-refractivity contribution in [1.82, 2.24) is 0 Å². The predicted molar refractivity (Wildman–Crippen MR) is 41.8 cm³/mol. The third kappa shape index (κ3) is 2.89. The van der Waals surface area contributed by atoms with Crippen LogP contribution >= 0.6 is 0 Å². The van der Waals surface area contributed by atoms with E-state index < -0.39 is 36.5 Å². The molecular weight excluding hydrogens is 299 g/mol. The van der Waals surface area contributed by atoms with E-state index in [0.717, 1.165) is 0 Å². The average molecular weight is 306 g/mol. The fraction of sp³-hybridized carbons (Fsp3) is 0.875. The zero-order valence-corrected chi connectivity index (χ0v) is 9.13. The van der Waals surface area contributed by atoms with Crippen LogP contribution in [-0.4, -0.2) is 31.1 Å². The smallest absolute Gasteiger partial charge is 0.422 e. The molecule has 0 saturated heterocycles. The van der Waals surface area contributed by atoms with Gasteiger partial charge in [-0.3, -0.25) is 4.79 Å². The number of halogens is 9. The van der Waals surface area contributed by atoms with Gasteiger partial charge in [0.15, 0.2) is 0 Å². The van der Waals surface area contributed by atoms with Crippen molar-refractivity contribution in [1.29, 1.82) is 0 Å². The zero-order chi connectivity index (χ0) is 15.7. The second-order valence-corrected chi connectivity index (χ2v) is 3.38. The molecule has 19 heavy (non-hydrogen) atoms. The number of rotatable bonds is 3. The van der Waals surface area contributed by atoms with Gasteiger partial charge in [-0.1, -0.05) is 6.92 Å². The van der Waals surface area contributed by atoms with E-state index in [4.69, 9.17) is 0 Å². The molecule has 0 heterocycles. The van der Waals surface area contributed by atoms with Gasteiger partial charge in [0, 0.05) is 0 Å². The molecule has 0 radical (unpaired) electrons. The van der Waals surface area contributed by atoms with Gasteiger partial charge < -0.3 is 4.74 Å². The van der Waals surface area contributed by atoms with Crippen LogP contribution in [0.4, 0.5) is 39.5 Å². The van der Waals surface area contributed by atoms with E-state index in [9.17, 15) is 44.3 Å². The number of alkyl halides is 9. The van der Waals surface area contributed by atoms with Crippen LogP contribution < -0.4 is 0 Å². The second kappa shape index (κ2) is 5.08. The summed E-state index contributed by atoms with van der Waals surface area (Å²) in [5.41, 5.74) is -6.54. The van der Waals surface area contributed by atoms with Crippen molar-refractivity contribution in [3.8, 4) is 0 Å². The number of carbonyl (C=O) groups excluding carboxylic acids is 1. The van der Waals surface area contributed by atoms with E-state index >= 15 is 0 Å². The minimum absolute atomic E-state index is 0.241. The standard InChI is InChI=1S/C8H7F9O2/c1-2-3-19-4(18)5(6(9,10)11,7(12,13)14)8(15,16)17/h2-3H2,1H3. The SMILES string of the molecule is CCCOC(=O)C(C(F)(F)F)(C(F)(F)F)C(F)(F)F. The van der Waals surface area contributed by atoms with E-state index in [2.05, 4.69) is 4.74 Å². The van der Waals surface area contributed by atoms with Gasteiger partial charge >= 0.3 is 29.9 Å². The first-order valence-corrected chi connectivity index (χ1v) is 4.60. The molecule has 0 amide bonds. The maximum atomic E-state index is 12.3. The highest BCUT2D eigenvalue weighted by Crippen LogP contribution is 2.59. The maximum Gasteiger partial charge on any atom is 0.422 e. The molecule has 0 atom stereocenters. The Morgan fingerprint density at radius 2 is 1.16 bits per heavy atom. The number of esters is 1. The number of carbonyl (C=O) groups is 1. The lowest BCUT2D eigenvalue weighted by Gasteiger charge is -2.36. The van der Waals surface area contributed by atoms with Crippen LogP contribution in [0.15, 0.2) is 0 Å². The van der Waals surface area contributed by atoms with Crippen LogP contribution in [0.3, 0.4) is 0 Å². The Labute approximate surface area is 100 Å². The highest BCUT2D eigenvalue weighted by molar-refractivity contribution is 5.80. The summed E-state index contributed by atoms with van der Waals surface area (Å²) in [7, 11) is 0. The van der Waals surface area contributed by atoms with Crippen molar-refractivity contribution in [2.45, 2.75) is 31.9 Å². The Morgan fingerprint density at radius 1 is 0.842 bits per heavy atom. The summed E-state index contributed by atoms with van der Waals surface area (Å²) in [5, 5.41) is 0. The van der Waals surface area contributed by atoms with E-state index in [-0.39, 0.29) is 6.42 Å². The summed E-state index contributed by atoms with van der Waals surface area (Å²) in [4.78, 5) is 10.8. The first-order chi connectivity index (χ1) is 8.23. The van der Waals surface area contributed by atoms with Crippen LogP contribution in [0, 0.1) is 5.41 Å². The molecular formula is C8H7F9O2. The first-order valence-electron chi connectivity index (χ1n) is 4.60. The molecule has 2 nitrogen and oxygen atoms in total. The number of hydrogen-bond acceptors (Lipinski definition) is 2. The second-order valence-electron chi connectivity index (χ2n) is 3.38. The summed E-state index contributed by atoms with van der Waals surface area (Å²) in [6.07, 6.45) is -21.0. The highest BCUT2D eigenvalue weighted by Gasteiger charge is 2.89. The molecule has 0 saturated carbocycles. The van der Waals surface area contributed by atoms with Crippen molar-refractivity contribution in [2.75, 3.05) is 6.61 Å². The molecule has 0 aromatic heterocycles. The Morgan fingerprint density at radius 3 is 1.37 bits per heavy atom. The van der Waals surface area contributed by atoms with Gasteiger partial charge in [0.05, 0.1) is 6.61 Å². The maximum absolute atomic E-state index is 12.3. The summed E-state index contributed by atoms with van der Waals surface area (Å²) >= 11 is 0. The van der Waals surface area contributed by atoms with Crippen LogP contribution in [0.5, 0.6) is 0 Å². The molecule has 11 heteroatoms. The lowest BCUT2D eigenvalue weighted by atomic mass is 9.85. The molecule has 0 spiro atoms. The normalized spacial score (nSPS) is 14.4. The molecule has 0 aliphatic heterocycles. The van der Waals surface area contributed by atoms with Crippen molar-refractivity contribution in [2.24, 2.45) is 5.41 Å². The van der Waals surface area contributed by atoms with Crippen molar-refractivity contribution in [3.63, 3.8) is 0 Å². The van der Waals surface area contributed by atoms with Gasteiger partial charge in [-0.05, 0) is 6.42 Å². The van der Waals surface area contributed by atoms with Crippen molar-refractivity contribution in [3.05, 3.63) is 0 Å². The molecule has 0 aromatic rings. The van der Waals surface area contributed by atoms with Crippen LogP contribution in [0.25, 0.3) is 0 Å². The van der Waals surface area contributed by atoms with E-state index in [1.807, 2.05) is 0 Å². The van der Waals surface area contributed by atoms with Crippen molar-refractivity contribution >= 4 is 5.97 Å². The summed E-state index contributed by atoms with van der Waals surface area (Å²) in [6, 6.07) is 0. The fourth-order valence-electron chi connectivity index (χ4n) is 1.13. The van der Waals surface area contributed by atoms with Gasteiger partial charge in [0.2, 0.25) is 0 Å². The van der Waals surface area contributed by atoms with Crippen LogP contribution in [0.2, 0.25) is 0 Å². The predicted octanol–water partition coefficient (Wildman–Crippen LogP) is 3.61. The van der Waals surface area contributed by atoms with Gasteiger partial charge in [-0.25, -0.2) is 0 Å². The molecule has 0 aromatic carbocycles. The fourth-order valence-corrected chi connectivity index (χ4v) is 1.13. The van der Waals surface area contributed by atoms with Crippen LogP contribution in [-0.2, 0) is 9.53 Å². The topological polar surface area (TPSA) is 26.3 Å². The van der Waals surface area contributed by atoms with E-state index in [1.165, 1.54) is 6.92 Å². The lowest BCUT2D eigenvalue weighted by molar-refractivity contribution is -0.412. The summed E-state index contributed by atoms with van der Waals surface area (Å²) in [5.74, 6) is -3.43. The summed E-state index contributed by atoms with van der Waals surface area (Å²) < 4.78 is 114.